The van der Waals surface area contributed by atoms with Crippen LogP contribution in [0, 0.1) is 17.1 Å². The van der Waals surface area contributed by atoms with Gasteiger partial charge < -0.3 is 4.90 Å². The average molecular weight is 256 g/mol. The van der Waals surface area contributed by atoms with Crippen molar-refractivity contribution in [2.75, 3.05) is 11.4 Å². The molecule has 0 saturated carbocycles. The zero-order valence-electron chi connectivity index (χ0n) is 10.3. The first kappa shape index (κ1) is 11.7. The fourth-order valence-electron chi connectivity index (χ4n) is 2.69. The molecule has 1 saturated heterocycles. The van der Waals surface area contributed by atoms with Crippen LogP contribution in [0.25, 0.3) is 0 Å². The van der Waals surface area contributed by atoms with Gasteiger partial charge in [-0.15, -0.1) is 0 Å². The van der Waals surface area contributed by atoms with E-state index in [0.29, 0.717) is 5.69 Å². The third kappa shape index (κ3) is 1.95. The molecule has 3 rings (SSSR count). The molecule has 1 aliphatic heterocycles. The molecule has 1 fully saturated rings. The number of rotatable bonds is 2. The number of aromatic nitrogens is 2. The first-order chi connectivity index (χ1) is 9.31. The summed E-state index contributed by atoms with van der Waals surface area (Å²) in [7, 11) is 0. The SMILES string of the molecule is N#Cc1c(F)cccc1N1CCCC1c1ccn[nH]1. The number of H-pyrrole nitrogens is 1. The highest BCUT2D eigenvalue weighted by Crippen LogP contribution is 2.37. The van der Waals surface area contributed by atoms with Crippen LogP contribution in [0.15, 0.2) is 30.5 Å². The van der Waals surface area contributed by atoms with Crippen molar-refractivity contribution in [3.05, 3.63) is 47.5 Å². The Morgan fingerprint density at radius 2 is 2.32 bits per heavy atom. The minimum atomic E-state index is -0.463. The summed E-state index contributed by atoms with van der Waals surface area (Å²) in [5.41, 5.74) is 1.79. The number of benzene rings is 1. The molecule has 1 aliphatic rings. The normalized spacial score (nSPS) is 18.5. The third-order valence-corrected chi connectivity index (χ3v) is 3.55. The first-order valence-corrected chi connectivity index (χ1v) is 6.26. The molecule has 2 heterocycles. The van der Waals surface area contributed by atoms with Gasteiger partial charge in [0.1, 0.15) is 17.4 Å². The largest absolute Gasteiger partial charge is 0.362 e. The molecule has 5 heteroatoms. The van der Waals surface area contributed by atoms with Crippen molar-refractivity contribution in [3.63, 3.8) is 0 Å². The number of aromatic amines is 1. The summed E-state index contributed by atoms with van der Waals surface area (Å²) in [6.45, 7) is 0.821. The smallest absolute Gasteiger partial charge is 0.143 e. The van der Waals surface area contributed by atoms with Gasteiger partial charge >= 0.3 is 0 Å². The van der Waals surface area contributed by atoms with Crippen LogP contribution in [-0.4, -0.2) is 16.7 Å². The lowest BCUT2D eigenvalue weighted by atomic mass is 10.1. The van der Waals surface area contributed by atoms with E-state index in [1.807, 2.05) is 12.1 Å². The maximum Gasteiger partial charge on any atom is 0.143 e. The standard InChI is InChI=1S/C14H13FN4/c15-11-3-1-4-13(10(11)9-16)19-8-2-5-14(19)12-6-7-17-18-12/h1,3-4,6-7,14H,2,5,8H2,(H,17,18). The van der Waals surface area contributed by atoms with Gasteiger partial charge in [-0.3, -0.25) is 5.10 Å². The molecular weight excluding hydrogens is 243 g/mol. The summed E-state index contributed by atoms with van der Waals surface area (Å²) >= 11 is 0. The zero-order chi connectivity index (χ0) is 13.2. The summed E-state index contributed by atoms with van der Waals surface area (Å²) in [4.78, 5) is 2.08. The van der Waals surface area contributed by atoms with E-state index in [2.05, 4.69) is 15.1 Å². The van der Waals surface area contributed by atoms with Crippen LogP contribution in [0.4, 0.5) is 10.1 Å². The van der Waals surface area contributed by atoms with Gasteiger partial charge in [-0.1, -0.05) is 6.07 Å². The summed E-state index contributed by atoms with van der Waals surface area (Å²) in [5.74, 6) is -0.463. The topological polar surface area (TPSA) is 55.7 Å². The van der Waals surface area contributed by atoms with Crippen molar-refractivity contribution < 1.29 is 4.39 Å². The number of anilines is 1. The van der Waals surface area contributed by atoms with Gasteiger partial charge in [-0.25, -0.2) is 4.39 Å². The van der Waals surface area contributed by atoms with Crippen LogP contribution in [0.5, 0.6) is 0 Å². The van der Waals surface area contributed by atoms with E-state index in [1.54, 1.807) is 18.3 Å². The van der Waals surface area contributed by atoms with Crippen LogP contribution in [0.2, 0.25) is 0 Å². The molecule has 1 atom stereocenters. The number of nitrogens with zero attached hydrogens (tertiary/aromatic N) is 3. The van der Waals surface area contributed by atoms with E-state index < -0.39 is 5.82 Å². The van der Waals surface area contributed by atoms with Crippen LogP contribution in [0.1, 0.15) is 30.1 Å². The lowest BCUT2D eigenvalue weighted by Crippen LogP contribution is -2.24. The van der Waals surface area contributed by atoms with Crippen molar-refractivity contribution in [1.29, 1.82) is 5.26 Å². The highest BCUT2D eigenvalue weighted by atomic mass is 19.1. The molecule has 0 radical (unpaired) electrons. The van der Waals surface area contributed by atoms with E-state index in [9.17, 15) is 4.39 Å². The molecule has 1 aromatic heterocycles. The van der Waals surface area contributed by atoms with Crippen LogP contribution in [0.3, 0.4) is 0 Å². The number of halogens is 1. The molecule has 0 amide bonds. The third-order valence-electron chi connectivity index (χ3n) is 3.55. The lowest BCUT2D eigenvalue weighted by Gasteiger charge is -2.26. The van der Waals surface area contributed by atoms with E-state index in [0.717, 1.165) is 25.1 Å². The Labute approximate surface area is 110 Å². The quantitative estimate of drug-likeness (QED) is 0.898. The molecule has 19 heavy (non-hydrogen) atoms. The Kier molecular flexibility index (Phi) is 2.92. The lowest BCUT2D eigenvalue weighted by molar-refractivity contribution is 0.620. The van der Waals surface area contributed by atoms with E-state index >= 15 is 0 Å². The van der Waals surface area contributed by atoms with E-state index in [-0.39, 0.29) is 11.6 Å². The van der Waals surface area contributed by atoms with Crippen molar-refractivity contribution >= 4 is 5.69 Å². The molecule has 4 nitrogen and oxygen atoms in total. The van der Waals surface area contributed by atoms with Gasteiger partial charge in [0.25, 0.3) is 0 Å². The molecule has 1 aromatic carbocycles. The highest BCUT2D eigenvalue weighted by Gasteiger charge is 2.29. The second-order valence-corrected chi connectivity index (χ2v) is 4.61. The number of nitriles is 1. The average Bonchev–Trinajstić information content (AvgIpc) is 3.09. The Morgan fingerprint density at radius 1 is 1.42 bits per heavy atom. The summed E-state index contributed by atoms with van der Waals surface area (Å²) < 4.78 is 13.7. The number of nitrogens with one attached hydrogen (secondary N) is 1. The van der Waals surface area contributed by atoms with Gasteiger partial charge in [-0.05, 0) is 31.0 Å². The maximum atomic E-state index is 13.7. The Bertz CT molecular complexity index is 615. The molecule has 0 bridgehead atoms. The van der Waals surface area contributed by atoms with Crippen LogP contribution >= 0.6 is 0 Å². The van der Waals surface area contributed by atoms with Gasteiger partial charge in [0, 0.05) is 12.7 Å². The number of hydrogen-bond acceptors (Lipinski definition) is 3. The molecule has 1 unspecified atom stereocenters. The maximum absolute atomic E-state index is 13.7. The second kappa shape index (κ2) is 4.73. The molecule has 2 aromatic rings. The van der Waals surface area contributed by atoms with Crippen LogP contribution < -0.4 is 4.90 Å². The number of hydrogen-bond donors (Lipinski definition) is 1. The molecule has 96 valence electrons. The summed E-state index contributed by atoms with van der Waals surface area (Å²) in [5, 5.41) is 16.1. The Hall–Kier alpha value is -2.35. The fourth-order valence-corrected chi connectivity index (χ4v) is 2.69. The van der Waals surface area contributed by atoms with Crippen molar-refractivity contribution in [2.24, 2.45) is 0 Å². The Morgan fingerprint density at radius 3 is 3.05 bits per heavy atom. The van der Waals surface area contributed by atoms with E-state index in [1.165, 1.54) is 6.07 Å². The Balaban J connectivity index is 2.02. The summed E-state index contributed by atoms with van der Waals surface area (Å²) in [6.07, 6.45) is 3.71. The van der Waals surface area contributed by atoms with Crippen molar-refractivity contribution in [3.8, 4) is 6.07 Å². The fraction of sp³-hybridized carbons (Fsp3) is 0.286. The molecule has 1 N–H and O–H groups in total. The van der Waals surface area contributed by atoms with Gasteiger partial charge in [0.05, 0.1) is 17.4 Å². The van der Waals surface area contributed by atoms with Gasteiger partial charge in [0.15, 0.2) is 0 Å². The monoisotopic (exact) mass is 256 g/mol. The van der Waals surface area contributed by atoms with Gasteiger partial charge in [0.2, 0.25) is 0 Å². The molecule has 0 spiro atoms. The first-order valence-electron chi connectivity index (χ1n) is 6.26. The second-order valence-electron chi connectivity index (χ2n) is 4.61. The molecular formula is C14H13FN4. The highest BCUT2D eigenvalue weighted by molar-refractivity contribution is 5.61. The van der Waals surface area contributed by atoms with E-state index in [4.69, 9.17) is 5.26 Å². The predicted molar refractivity (Wildman–Crippen MR) is 69.0 cm³/mol. The van der Waals surface area contributed by atoms with Crippen LogP contribution in [-0.2, 0) is 0 Å². The van der Waals surface area contributed by atoms with Crippen molar-refractivity contribution in [1.82, 2.24) is 10.2 Å². The molecule has 0 aliphatic carbocycles. The minimum absolute atomic E-state index is 0.119. The zero-order valence-corrected chi connectivity index (χ0v) is 10.3. The van der Waals surface area contributed by atoms with Gasteiger partial charge in [-0.2, -0.15) is 10.4 Å². The summed E-state index contributed by atoms with van der Waals surface area (Å²) in [6, 6.07) is 8.80. The predicted octanol–water partition coefficient (Wildman–Crippen LogP) is 2.76. The van der Waals surface area contributed by atoms with Crippen molar-refractivity contribution in [2.45, 2.75) is 18.9 Å². The minimum Gasteiger partial charge on any atom is -0.362 e.